The molecule has 2 heterocycles. The van der Waals surface area contributed by atoms with Crippen molar-refractivity contribution in [3.63, 3.8) is 0 Å². The molecule has 0 aliphatic carbocycles. The van der Waals surface area contributed by atoms with E-state index in [-0.39, 0.29) is 5.91 Å². The first kappa shape index (κ1) is 18.3. The van der Waals surface area contributed by atoms with Gasteiger partial charge in [0.05, 0.1) is 25.6 Å². The fourth-order valence-electron chi connectivity index (χ4n) is 2.80. The van der Waals surface area contributed by atoms with Gasteiger partial charge in [0.2, 0.25) is 0 Å². The molecule has 0 unspecified atom stereocenters. The lowest BCUT2D eigenvalue weighted by atomic mass is 10.1. The number of nitrogens with zero attached hydrogens (tertiary/aromatic N) is 3. The molecule has 1 amide bonds. The van der Waals surface area contributed by atoms with E-state index < -0.39 is 0 Å². The molecule has 2 N–H and O–H groups in total. The highest BCUT2D eigenvalue weighted by Gasteiger charge is 2.10. The van der Waals surface area contributed by atoms with Crippen LogP contribution in [0.15, 0.2) is 36.7 Å². The van der Waals surface area contributed by atoms with Crippen molar-refractivity contribution in [3.05, 3.63) is 53.5 Å². The summed E-state index contributed by atoms with van der Waals surface area (Å²) in [5, 5.41) is 6.10. The zero-order valence-corrected chi connectivity index (χ0v) is 15.1. The van der Waals surface area contributed by atoms with E-state index in [0.29, 0.717) is 18.1 Å². The summed E-state index contributed by atoms with van der Waals surface area (Å²) in [7, 11) is 0. The standard InChI is InChI=1S/C19H25N5O2/c1-15-3-2-4-16(11-15)12-23-19(25)17-13-22-18(14-21-17)20-5-6-24-7-9-26-10-8-24/h2-4,11,13-14H,5-10,12H2,1H3,(H,20,22)(H,23,25). The molecule has 7 nitrogen and oxygen atoms in total. The fraction of sp³-hybridized carbons (Fsp3) is 0.421. The third-order valence-electron chi connectivity index (χ3n) is 4.26. The number of nitrogens with one attached hydrogen (secondary N) is 2. The summed E-state index contributed by atoms with van der Waals surface area (Å²) < 4.78 is 5.33. The van der Waals surface area contributed by atoms with E-state index in [1.165, 1.54) is 11.8 Å². The van der Waals surface area contributed by atoms with Crippen molar-refractivity contribution < 1.29 is 9.53 Å². The van der Waals surface area contributed by atoms with Crippen LogP contribution in [0.4, 0.5) is 5.82 Å². The van der Waals surface area contributed by atoms with Crippen LogP contribution in [0, 0.1) is 6.92 Å². The van der Waals surface area contributed by atoms with Crippen LogP contribution in [0.1, 0.15) is 21.6 Å². The molecule has 0 saturated carbocycles. The average molecular weight is 355 g/mol. The highest BCUT2D eigenvalue weighted by Crippen LogP contribution is 2.05. The van der Waals surface area contributed by atoms with Gasteiger partial charge in [-0.1, -0.05) is 29.8 Å². The number of hydrogen-bond donors (Lipinski definition) is 2. The second-order valence-corrected chi connectivity index (χ2v) is 6.34. The third-order valence-corrected chi connectivity index (χ3v) is 4.26. The van der Waals surface area contributed by atoms with Crippen LogP contribution in [0.5, 0.6) is 0 Å². The molecule has 0 bridgehead atoms. The maximum absolute atomic E-state index is 12.2. The van der Waals surface area contributed by atoms with Crippen LogP contribution < -0.4 is 10.6 Å². The zero-order valence-electron chi connectivity index (χ0n) is 15.1. The average Bonchev–Trinajstić information content (AvgIpc) is 2.68. The molecule has 7 heteroatoms. The Kier molecular flexibility index (Phi) is 6.51. The number of carbonyl (C=O) groups excluding carboxylic acids is 1. The number of hydrogen-bond acceptors (Lipinski definition) is 6. The number of amides is 1. The van der Waals surface area contributed by atoms with Crippen LogP contribution in [0.2, 0.25) is 0 Å². The van der Waals surface area contributed by atoms with Gasteiger partial charge in [-0.15, -0.1) is 0 Å². The summed E-state index contributed by atoms with van der Waals surface area (Å²) in [6, 6.07) is 8.05. The lowest BCUT2D eigenvalue weighted by molar-refractivity contribution is 0.0398. The topological polar surface area (TPSA) is 79.4 Å². The van der Waals surface area contributed by atoms with Crippen LogP contribution in [-0.4, -0.2) is 60.2 Å². The SMILES string of the molecule is Cc1cccc(CNC(=O)c2cnc(NCCN3CCOCC3)cn2)c1. The second-order valence-electron chi connectivity index (χ2n) is 6.34. The molecule has 138 valence electrons. The quantitative estimate of drug-likeness (QED) is 0.783. The minimum atomic E-state index is -0.223. The monoisotopic (exact) mass is 355 g/mol. The van der Waals surface area contributed by atoms with E-state index in [2.05, 4.69) is 25.5 Å². The van der Waals surface area contributed by atoms with Gasteiger partial charge in [-0.05, 0) is 12.5 Å². The molecular weight excluding hydrogens is 330 g/mol. The predicted octanol–water partition coefficient (Wildman–Crippen LogP) is 1.46. The predicted molar refractivity (Wildman–Crippen MR) is 100 cm³/mol. The van der Waals surface area contributed by atoms with Crippen LogP contribution in [-0.2, 0) is 11.3 Å². The van der Waals surface area contributed by atoms with E-state index >= 15 is 0 Å². The lowest BCUT2D eigenvalue weighted by Gasteiger charge is -2.26. The van der Waals surface area contributed by atoms with Crippen LogP contribution in [0.25, 0.3) is 0 Å². The first-order valence-corrected chi connectivity index (χ1v) is 8.90. The normalized spacial score (nSPS) is 14.8. The molecule has 1 saturated heterocycles. The number of carbonyl (C=O) groups is 1. The number of aromatic nitrogens is 2. The number of benzene rings is 1. The van der Waals surface area contributed by atoms with Gasteiger partial charge in [0.1, 0.15) is 11.5 Å². The number of ether oxygens (including phenoxy) is 1. The second kappa shape index (κ2) is 9.26. The highest BCUT2D eigenvalue weighted by atomic mass is 16.5. The Morgan fingerprint density at radius 1 is 1.23 bits per heavy atom. The molecule has 0 radical (unpaired) electrons. The lowest BCUT2D eigenvalue weighted by Crippen LogP contribution is -2.39. The van der Waals surface area contributed by atoms with Crippen molar-refractivity contribution in [2.24, 2.45) is 0 Å². The van der Waals surface area contributed by atoms with E-state index in [1.807, 2.05) is 31.2 Å². The smallest absolute Gasteiger partial charge is 0.271 e. The van der Waals surface area contributed by atoms with E-state index in [9.17, 15) is 4.79 Å². The van der Waals surface area contributed by atoms with Gasteiger partial charge in [0, 0.05) is 32.7 Å². The Balaban J connectivity index is 1.43. The summed E-state index contributed by atoms with van der Waals surface area (Å²) in [4.78, 5) is 23.0. The van der Waals surface area contributed by atoms with Crippen molar-refractivity contribution >= 4 is 11.7 Å². The minimum absolute atomic E-state index is 0.223. The highest BCUT2D eigenvalue weighted by molar-refractivity contribution is 5.91. The van der Waals surface area contributed by atoms with Gasteiger partial charge >= 0.3 is 0 Å². The Hall–Kier alpha value is -2.51. The van der Waals surface area contributed by atoms with Gasteiger partial charge in [-0.2, -0.15) is 0 Å². The van der Waals surface area contributed by atoms with Crippen molar-refractivity contribution in [3.8, 4) is 0 Å². The molecule has 0 atom stereocenters. The van der Waals surface area contributed by atoms with Gasteiger partial charge in [0.25, 0.3) is 5.91 Å². The van der Waals surface area contributed by atoms with E-state index in [1.54, 1.807) is 6.20 Å². The van der Waals surface area contributed by atoms with Crippen molar-refractivity contribution in [1.82, 2.24) is 20.2 Å². The summed E-state index contributed by atoms with van der Waals surface area (Å²) in [5.74, 6) is 0.451. The Bertz CT molecular complexity index is 714. The van der Waals surface area contributed by atoms with Crippen molar-refractivity contribution in [2.75, 3.05) is 44.7 Å². The third kappa shape index (κ3) is 5.50. The number of morpholine rings is 1. The first-order chi connectivity index (χ1) is 12.7. The molecule has 1 aliphatic rings. The van der Waals surface area contributed by atoms with E-state index in [4.69, 9.17) is 4.74 Å². The molecule has 26 heavy (non-hydrogen) atoms. The van der Waals surface area contributed by atoms with Gasteiger partial charge in [0.15, 0.2) is 0 Å². The van der Waals surface area contributed by atoms with E-state index in [0.717, 1.165) is 45.0 Å². The van der Waals surface area contributed by atoms with Crippen LogP contribution >= 0.6 is 0 Å². The fourth-order valence-corrected chi connectivity index (χ4v) is 2.80. The largest absolute Gasteiger partial charge is 0.379 e. The number of aryl methyl sites for hydroxylation is 1. The minimum Gasteiger partial charge on any atom is -0.379 e. The van der Waals surface area contributed by atoms with Crippen molar-refractivity contribution in [2.45, 2.75) is 13.5 Å². The summed E-state index contributed by atoms with van der Waals surface area (Å²) in [6.07, 6.45) is 3.10. The zero-order chi connectivity index (χ0) is 18.2. The molecule has 0 spiro atoms. The molecular formula is C19H25N5O2. The molecule has 3 rings (SSSR count). The first-order valence-electron chi connectivity index (χ1n) is 8.90. The maximum Gasteiger partial charge on any atom is 0.271 e. The van der Waals surface area contributed by atoms with Gasteiger partial charge in [-0.3, -0.25) is 9.69 Å². The van der Waals surface area contributed by atoms with Crippen molar-refractivity contribution in [1.29, 1.82) is 0 Å². The molecule has 1 fully saturated rings. The Labute approximate surface area is 153 Å². The molecule has 2 aromatic rings. The van der Waals surface area contributed by atoms with Crippen LogP contribution in [0.3, 0.4) is 0 Å². The molecule has 1 aromatic heterocycles. The Morgan fingerprint density at radius 3 is 2.81 bits per heavy atom. The molecule has 1 aromatic carbocycles. The number of rotatable bonds is 7. The summed E-state index contributed by atoms with van der Waals surface area (Å²) in [5.41, 5.74) is 2.55. The summed E-state index contributed by atoms with van der Waals surface area (Å²) >= 11 is 0. The summed E-state index contributed by atoms with van der Waals surface area (Å²) in [6.45, 7) is 7.75. The van der Waals surface area contributed by atoms with Gasteiger partial charge < -0.3 is 15.4 Å². The van der Waals surface area contributed by atoms with Gasteiger partial charge in [-0.25, -0.2) is 9.97 Å². The molecule has 1 aliphatic heterocycles. The number of anilines is 1. The Morgan fingerprint density at radius 2 is 2.08 bits per heavy atom. The maximum atomic E-state index is 12.2.